The maximum absolute atomic E-state index is 5.84. The fourth-order valence-electron chi connectivity index (χ4n) is 2.44. The second-order valence-electron chi connectivity index (χ2n) is 4.70. The van der Waals surface area contributed by atoms with Crippen LogP contribution in [0.25, 0.3) is 0 Å². The van der Waals surface area contributed by atoms with Crippen LogP contribution in [0.1, 0.15) is 38.5 Å². The van der Waals surface area contributed by atoms with Crippen molar-refractivity contribution in [3.63, 3.8) is 0 Å². The van der Waals surface area contributed by atoms with Gasteiger partial charge in [-0.3, -0.25) is 0 Å². The first-order valence-electron chi connectivity index (χ1n) is 6.30. The minimum absolute atomic E-state index is 0.661. The second-order valence-corrected chi connectivity index (χ2v) is 5.99. The number of pyridine rings is 1. The Labute approximate surface area is 116 Å². The molecule has 0 radical (unpaired) electrons. The van der Waals surface area contributed by atoms with E-state index in [-0.39, 0.29) is 0 Å². The van der Waals surface area contributed by atoms with E-state index in [1.54, 1.807) is 6.20 Å². The van der Waals surface area contributed by atoms with Crippen LogP contribution in [0.4, 0.5) is 5.82 Å². The Morgan fingerprint density at radius 3 is 2.88 bits per heavy atom. The molecule has 0 aromatic carbocycles. The molecule has 0 spiro atoms. The average molecular weight is 318 g/mol. The van der Waals surface area contributed by atoms with Gasteiger partial charge in [-0.1, -0.05) is 37.3 Å². The maximum atomic E-state index is 5.84. The molecule has 94 valence electrons. The predicted octanol–water partition coefficient (Wildman–Crippen LogP) is 4.88. The summed E-state index contributed by atoms with van der Waals surface area (Å²) < 4.78 is 0.936. The summed E-state index contributed by atoms with van der Waals surface area (Å²) in [6, 6.07) is 1.87. The average Bonchev–Trinajstić information content (AvgIpc) is 2.79. The highest BCUT2D eigenvalue weighted by atomic mass is 79.9. The van der Waals surface area contributed by atoms with Gasteiger partial charge in [0, 0.05) is 12.7 Å². The van der Waals surface area contributed by atoms with E-state index < -0.39 is 0 Å². The highest BCUT2D eigenvalue weighted by molar-refractivity contribution is 9.10. The van der Waals surface area contributed by atoms with E-state index >= 15 is 0 Å². The third-order valence-electron chi connectivity index (χ3n) is 3.36. The zero-order valence-corrected chi connectivity index (χ0v) is 12.2. The monoisotopic (exact) mass is 316 g/mol. The number of halogens is 2. The third-order valence-corrected chi connectivity index (χ3v) is 4.18. The van der Waals surface area contributed by atoms with Crippen LogP contribution < -0.4 is 5.32 Å². The summed E-state index contributed by atoms with van der Waals surface area (Å²) in [4.78, 5) is 4.26. The van der Waals surface area contributed by atoms with Gasteiger partial charge in [-0.25, -0.2) is 4.98 Å². The van der Waals surface area contributed by atoms with Crippen molar-refractivity contribution in [1.29, 1.82) is 0 Å². The van der Waals surface area contributed by atoms with Gasteiger partial charge in [-0.15, -0.1) is 0 Å². The molecule has 1 fully saturated rings. The van der Waals surface area contributed by atoms with Crippen molar-refractivity contribution in [2.45, 2.75) is 38.5 Å². The van der Waals surface area contributed by atoms with Crippen LogP contribution in [0.15, 0.2) is 16.7 Å². The highest BCUT2D eigenvalue weighted by Gasteiger charge is 2.13. The van der Waals surface area contributed by atoms with E-state index in [2.05, 4.69) is 26.2 Å². The van der Waals surface area contributed by atoms with Crippen LogP contribution in [0.3, 0.4) is 0 Å². The lowest BCUT2D eigenvalue weighted by atomic mass is 10.0. The lowest BCUT2D eigenvalue weighted by Crippen LogP contribution is -2.06. The molecule has 1 aromatic heterocycles. The quantitative estimate of drug-likeness (QED) is 0.783. The molecule has 0 atom stereocenters. The number of hydrogen-bond acceptors (Lipinski definition) is 2. The molecule has 2 nitrogen and oxygen atoms in total. The molecular formula is C13H18BrClN2. The zero-order valence-electron chi connectivity index (χ0n) is 9.88. The van der Waals surface area contributed by atoms with Crippen molar-refractivity contribution in [2.24, 2.45) is 5.92 Å². The van der Waals surface area contributed by atoms with Crippen LogP contribution in [0.5, 0.6) is 0 Å². The van der Waals surface area contributed by atoms with E-state index in [1.807, 2.05) is 6.07 Å². The van der Waals surface area contributed by atoms with Crippen molar-refractivity contribution in [1.82, 2.24) is 4.98 Å². The largest absolute Gasteiger partial charge is 0.369 e. The number of hydrogen-bond donors (Lipinski definition) is 1. The third kappa shape index (κ3) is 4.14. The fraction of sp³-hybridized carbons (Fsp3) is 0.615. The molecule has 1 N–H and O–H groups in total. The fourth-order valence-corrected chi connectivity index (χ4v) is 3.22. The summed E-state index contributed by atoms with van der Waals surface area (Å²) in [5.74, 6) is 1.86. The number of rotatable bonds is 5. The Balaban J connectivity index is 1.70. The van der Waals surface area contributed by atoms with Gasteiger partial charge in [0.05, 0.1) is 9.50 Å². The van der Waals surface area contributed by atoms with Gasteiger partial charge < -0.3 is 5.32 Å². The second kappa shape index (κ2) is 6.60. The molecule has 1 saturated carbocycles. The molecule has 0 saturated heterocycles. The van der Waals surface area contributed by atoms with Crippen molar-refractivity contribution in [3.8, 4) is 0 Å². The Morgan fingerprint density at radius 1 is 1.41 bits per heavy atom. The van der Waals surface area contributed by atoms with Crippen molar-refractivity contribution < 1.29 is 0 Å². The van der Waals surface area contributed by atoms with Gasteiger partial charge in [0.2, 0.25) is 0 Å². The van der Waals surface area contributed by atoms with E-state index in [1.165, 1.54) is 38.5 Å². The van der Waals surface area contributed by atoms with Crippen molar-refractivity contribution in [2.75, 3.05) is 11.9 Å². The molecule has 1 aliphatic carbocycles. The molecule has 0 bridgehead atoms. The number of anilines is 1. The molecule has 2 rings (SSSR count). The normalized spacial score (nSPS) is 16.4. The topological polar surface area (TPSA) is 24.9 Å². The zero-order chi connectivity index (χ0) is 12.1. The van der Waals surface area contributed by atoms with Gasteiger partial charge >= 0.3 is 0 Å². The first kappa shape index (κ1) is 13.2. The molecule has 1 aliphatic rings. The molecule has 0 aliphatic heterocycles. The lowest BCUT2D eigenvalue weighted by Gasteiger charge is -2.10. The van der Waals surface area contributed by atoms with Crippen LogP contribution in [0, 0.1) is 5.92 Å². The Kier molecular flexibility index (Phi) is 5.11. The molecular weight excluding hydrogens is 300 g/mol. The van der Waals surface area contributed by atoms with Crippen molar-refractivity contribution >= 4 is 33.3 Å². The lowest BCUT2D eigenvalue weighted by molar-refractivity contribution is 0.491. The van der Waals surface area contributed by atoms with E-state index in [0.29, 0.717) is 5.02 Å². The summed E-state index contributed by atoms with van der Waals surface area (Å²) in [6.45, 7) is 0.990. The van der Waals surface area contributed by atoms with Gasteiger partial charge in [0.25, 0.3) is 0 Å². The summed E-state index contributed by atoms with van der Waals surface area (Å²) in [5, 5.41) is 4.01. The maximum Gasteiger partial charge on any atom is 0.140 e. The van der Waals surface area contributed by atoms with Crippen LogP contribution >= 0.6 is 27.5 Å². The first-order chi connectivity index (χ1) is 8.25. The number of nitrogens with zero attached hydrogens (tertiary/aromatic N) is 1. The minimum Gasteiger partial charge on any atom is -0.369 e. The molecule has 0 unspecified atom stereocenters. The van der Waals surface area contributed by atoms with Crippen LogP contribution in [-0.4, -0.2) is 11.5 Å². The summed E-state index contributed by atoms with van der Waals surface area (Å²) in [5.41, 5.74) is 0. The first-order valence-corrected chi connectivity index (χ1v) is 7.48. The van der Waals surface area contributed by atoms with Gasteiger partial charge in [-0.05, 0) is 40.8 Å². The van der Waals surface area contributed by atoms with Gasteiger partial charge in [0.1, 0.15) is 5.82 Å². The summed E-state index contributed by atoms with van der Waals surface area (Å²) >= 11 is 9.30. The van der Waals surface area contributed by atoms with Crippen LogP contribution in [0.2, 0.25) is 5.02 Å². The smallest absolute Gasteiger partial charge is 0.140 e. The SMILES string of the molecule is Clc1cnc(NCCCC2CCCC2)c(Br)c1. The summed E-state index contributed by atoms with van der Waals surface area (Å²) in [6.07, 6.45) is 9.97. The van der Waals surface area contributed by atoms with Crippen molar-refractivity contribution in [3.05, 3.63) is 21.8 Å². The Bertz CT molecular complexity index is 364. The van der Waals surface area contributed by atoms with Gasteiger partial charge in [0.15, 0.2) is 0 Å². The predicted molar refractivity (Wildman–Crippen MR) is 76.6 cm³/mol. The molecule has 1 heterocycles. The van der Waals surface area contributed by atoms with Crippen LogP contribution in [-0.2, 0) is 0 Å². The molecule has 17 heavy (non-hydrogen) atoms. The minimum atomic E-state index is 0.661. The Morgan fingerprint density at radius 2 is 2.18 bits per heavy atom. The van der Waals surface area contributed by atoms with E-state index in [4.69, 9.17) is 11.6 Å². The standard InChI is InChI=1S/C13H18BrClN2/c14-12-8-11(15)9-17-13(12)16-7-3-6-10-4-1-2-5-10/h8-10H,1-7H2,(H,16,17). The number of nitrogens with one attached hydrogen (secondary N) is 1. The van der Waals surface area contributed by atoms with E-state index in [9.17, 15) is 0 Å². The highest BCUT2D eigenvalue weighted by Crippen LogP contribution is 2.28. The molecule has 1 aromatic rings. The number of aromatic nitrogens is 1. The molecule has 0 amide bonds. The molecule has 4 heteroatoms. The van der Waals surface area contributed by atoms with Gasteiger partial charge in [-0.2, -0.15) is 0 Å². The van der Waals surface area contributed by atoms with E-state index in [0.717, 1.165) is 22.8 Å². The Hall–Kier alpha value is -0.280. The summed E-state index contributed by atoms with van der Waals surface area (Å²) in [7, 11) is 0.